The molecule has 4 rings (SSSR count). The molecule has 0 amide bonds. The number of aromatic nitrogens is 1. The molecule has 0 saturated carbocycles. The Hall–Kier alpha value is -3.04. The molecule has 28 heavy (non-hydrogen) atoms. The zero-order chi connectivity index (χ0) is 19.2. The summed E-state index contributed by atoms with van der Waals surface area (Å²) in [5, 5.41) is 4.87. The van der Waals surface area contributed by atoms with Gasteiger partial charge in [-0.2, -0.15) is 0 Å². The van der Waals surface area contributed by atoms with Crippen LogP contribution in [-0.4, -0.2) is 11.5 Å². The largest absolute Gasteiger partial charge is 0.489 e. The number of H-pyrrole nitrogens is 1. The molecular formula is C25H26N2O. The van der Waals surface area contributed by atoms with Crippen molar-refractivity contribution in [3.63, 3.8) is 0 Å². The van der Waals surface area contributed by atoms with Gasteiger partial charge < -0.3 is 15.0 Å². The highest BCUT2D eigenvalue weighted by Gasteiger charge is 2.05. The summed E-state index contributed by atoms with van der Waals surface area (Å²) in [5.41, 5.74) is 6.20. The standard InChI is InChI=1S/C25H26N2O/c1-19-10-12-20(13-11-19)18-28-25-9-5-2-6-22(25)16-26-15-14-21-17-27-24-8-4-3-7-23(21)24/h2-13,17,26-27H,14-16,18H2,1H3. The van der Waals surface area contributed by atoms with Crippen molar-refractivity contribution in [2.75, 3.05) is 6.54 Å². The lowest BCUT2D eigenvalue weighted by atomic mass is 10.1. The van der Waals surface area contributed by atoms with E-state index in [0.29, 0.717) is 6.61 Å². The lowest BCUT2D eigenvalue weighted by Gasteiger charge is -2.12. The van der Waals surface area contributed by atoms with Crippen LogP contribution in [0.1, 0.15) is 22.3 Å². The molecule has 4 aromatic rings. The predicted octanol–water partition coefficient (Wildman–Crippen LogP) is 5.39. The Balaban J connectivity index is 1.31. The fourth-order valence-corrected chi connectivity index (χ4v) is 3.42. The number of para-hydroxylation sites is 2. The lowest BCUT2D eigenvalue weighted by Crippen LogP contribution is -2.17. The second kappa shape index (κ2) is 8.77. The van der Waals surface area contributed by atoms with Gasteiger partial charge in [-0.25, -0.2) is 0 Å². The maximum absolute atomic E-state index is 6.08. The number of nitrogens with one attached hydrogen (secondary N) is 2. The lowest BCUT2D eigenvalue weighted by molar-refractivity contribution is 0.302. The summed E-state index contributed by atoms with van der Waals surface area (Å²) in [6.45, 7) is 4.41. The van der Waals surface area contributed by atoms with E-state index in [1.54, 1.807) is 0 Å². The Morgan fingerprint density at radius 2 is 1.64 bits per heavy atom. The minimum atomic E-state index is 0.590. The number of hydrogen-bond donors (Lipinski definition) is 2. The Bertz CT molecular complexity index is 1030. The van der Waals surface area contributed by atoms with Crippen LogP contribution in [0.4, 0.5) is 0 Å². The molecule has 0 bridgehead atoms. The van der Waals surface area contributed by atoms with Crippen LogP contribution in [0.15, 0.2) is 79.0 Å². The minimum Gasteiger partial charge on any atom is -0.489 e. The molecule has 0 atom stereocenters. The van der Waals surface area contributed by atoms with E-state index < -0.39 is 0 Å². The van der Waals surface area contributed by atoms with Gasteiger partial charge in [-0.05, 0) is 43.1 Å². The molecule has 142 valence electrons. The molecule has 1 aromatic heterocycles. The maximum Gasteiger partial charge on any atom is 0.124 e. The van der Waals surface area contributed by atoms with Crippen molar-refractivity contribution < 1.29 is 4.74 Å². The van der Waals surface area contributed by atoms with Gasteiger partial charge >= 0.3 is 0 Å². The number of rotatable bonds is 8. The zero-order valence-corrected chi connectivity index (χ0v) is 16.2. The number of aromatic amines is 1. The fourth-order valence-electron chi connectivity index (χ4n) is 3.42. The summed E-state index contributed by atoms with van der Waals surface area (Å²) < 4.78 is 6.08. The molecule has 3 nitrogen and oxygen atoms in total. The smallest absolute Gasteiger partial charge is 0.124 e. The Kier molecular flexibility index (Phi) is 5.74. The van der Waals surface area contributed by atoms with E-state index in [-0.39, 0.29) is 0 Å². The average Bonchev–Trinajstić information content (AvgIpc) is 3.15. The molecule has 2 N–H and O–H groups in total. The topological polar surface area (TPSA) is 37.0 Å². The molecule has 3 heteroatoms. The van der Waals surface area contributed by atoms with Gasteiger partial charge in [-0.1, -0.05) is 66.2 Å². The molecule has 0 aliphatic rings. The van der Waals surface area contributed by atoms with Crippen molar-refractivity contribution in [3.05, 3.63) is 101 Å². The van der Waals surface area contributed by atoms with Crippen molar-refractivity contribution in [2.24, 2.45) is 0 Å². The number of benzene rings is 3. The van der Waals surface area contributed by atoms with Gasteiger partial charge in [-0.3, -0.25) is 0 Å². The van der Waals surface area contributed by atoms with E-state index in [2.05, 4.69) is 84.1 Å². The van der Waals surface area contributed by atoms with Crippen LogP contribution in [0.5, 0.6) is 5.75 Å². The molecular weight excluding hydrogens is 344 g/mol. The van der Waals surface area contributed by atoms with Gasteiger partial charge in [0.25, 0.3) is 0 Å². The van der Waals surface area contributed by atoms with Crippen LogP contribution in [0.3, 0.4) is 0 Å². The van der Waals surface area contributed by atoms with E-state index in [1.165, 1.54) is 33.2 Å². The Morgan fingerprint density at radius 3 is 2.54 bits per heavy atom. The molecule has 1 heterocycles. The molecule has 0 aliphatic carbocycles. The molecule has 0 fully saturated rings. The highest BCUT2D eigenvalue weighted by Crippen LogP contribution is 2.20. The first-order chi connectivity index (χ1) is 13.8. The number of hydrogen-bond acceptors (Lipinski definition) is 2. The van der Waals surface area contributed by atoms with Crippen LogP contribution in [0, 0.1) is 6.92 Å². The minimum absolute atomic E-state index is 0.590. The third-order valence-corrected chi connectivity index (χ3v) is 5.05. The van der Waals surface area contributed by atoms with E-state index in [1.807, 2.05) is 12.1 Å². The van der Waals surface area contributed by atoms with Gasteiger partial charge in [0, 0.05) is 29.2 Å². The van der Waals surface area contributed by atoms with E-state index >= 15 is 0 Å². The Labute approximate surface area is 166 Å². The molecule has 0 spiro atoms. The van der Waals surface area contributed by atoms with Gasteiger partial charge in [0.2, 0.25) is 0 Å². The monoisotopic (exact) mass is 370 g/mol. The highest BCUT2D eigenvalue weighted by molar-refractivity contribution is 5.83. The summed E-state index contributed by atoms with van der Waals surface area (Å²) in [6, 6.07) is 25.2. The van der Waals surface area contributed by atoms with Crippen molar-refractivity contribution >= 4 is 10.9 Å². The van der Waals surface area contributed by atoms with Crippen LogP contribution >= 0.6 is 0 Å². The second-order valence-corrected chi connectivity index (χ2v) is 7.17. The van der Waals surface area contributed by atoms with E-state index in [9.17, 15) is 0 Å². The fraction of sp³-hybridized carbons (Fsp3) is 0.200. The van der Waals surface area contributed by atoms with Crippen LogP contribution < -0.4 is 10.1 Å². The first-order valence-electron chi connectivity index (χ1n) is 9.81. The van der Waals surface area contributed by atoms with E-state index in [4.69, 9.17) is 4.74 Å². The third-order valence-electron chi connectivity index (χ3n) is 5.05. The molecule has 0 unspecified atom stereocenters. The summed E-state index contributed by atoms with van der Waals surface area (Å²) in [7, 11) is 0. The quantitative estimate of drug-likeness (QED) is 0.408. The molecule has 3 aromatic carbocycles. The van der Waals surface area contributed by atoms with Crippen molar-refractivity contribution in [2.45, 2.75) is 26.5 Å². The summed E-state index contributed by atoms with van der Waals surface area (Å²) in [5.74, 6) is 0.947. The maximum atomic E-state index is 6.08. The number of aryl methyl sites for hydroxylation is 1. The summed E-state index contributed by atoms with van der Waals surface area (Å²) >= 11 is 0. The van der Waals surface area contributed by atoms with E-state index in [0.717, 1.165) is 25.3 Å². The first-order valence-corrected chi connectivity index (χ1v) is 9.81. The van der Waals surface area contributed by atoms with Gasteiger partial charge in [0.05, 0.1) is 0 Å². The second-order valence-electron chi connectivity index (χ2n) is 7.17. The number of ether oxygens (including phenoxy) is 1. The third kappa shape index (κ3) is 4.44. The van der Waals surface area contributed by atoms with Crippen molar-refractivity contribution in [1.82, 2.24) is 10.3 Å². The zero-order valence-electron chi connectivity index (χ0n) is 16.2. The van der Waals surface area contributed by atoms with Crippen LogP contribution in [0.25, 0.3) is 10.9 Å². The number of fused-ring (bicyclic) bond motifs is 1. The summed E-state index contributed by atoms with van der Waals surface area (Å²) in [4.78, 5) is 3.34. The molecule has 0 saturated heterocycles. The normalized spacial score (nSPS) is 11.0. The molecule has 0 aliphatic heterocycles. The van der Waals surface area contributed by atoms with Crippen LogP contribution in [0.2, 0.25) is 0 Å². The van der Waals surface area contributed by atoms with Gasteiger partial charge in [0.15, 0.2) is 0 Å². The van der Waals surface area contributed by atoms with Crippen molar-refractivity contribution in [1.29, 1.82) is 0 Å². The highest BCUT2D eigenvalue weighted by atomic mass is 16.5. The van der Waals surface area contributed by atoms with Gasteiger partial charge in [0.1, 0.15) is 12.4 Å². The predicted molar refractivity (Wildman–Crippen MR) is 116 cm³/mol. The average molecular weight is 370 g/mol. The van der Waals surface area contributed by atoms with Crippen LogP contribution in [-0.2, 0) is 19.6 Å². The van der Waals surface area contributed by atoms with Gasteiger partial charge in [-0.15, -0.1) is 0 Å². The first kappa shape index (κ1) is 18.3. The summed E-state index contributed by atoms with van der Waals surface area (Å²) in [6.07, 6.45) is 3.11. The SMILES string of the molecule is Cc1ccc(COc2ccccc2CNCCc2c[nH]c3ccccc23)cc1. The Morgan fingerprint density at radius 1 is 0.857 bits per heavy atom. The molecule has 0 radical (unpaired) electrons. The van der Waals surface area contributed by atoms with Crippen molar-refractivity contribution in [3.8, 4) is 5.75 Å².